The molecule has 0 aromatic carbocycles. The predicted molar refractivity (Wildman–Crippen MR) is 50.9 cm³/mol. The topological polar surface area (TPSA) is 3.88 Å². The zero-order valence-electron chi connectivity index (χ0n) is 5.72. The lowest BCUT2D eigenvalue weighted by Crippen LogP contribution is -2.32. The van der Waals surface area contributed by atoms with Gasteiger partial charge in [0.05, 0.1) is 8.95 Å². The van der Waals surface area contributed by atoms with E-state index in [0.717, 1.165) is 8.95 Å². The SMILES string of the molecule is C#CC[n+]1cc(Br)cc(Br)c1. The van der Waals surface area contributed by atoms with Gasteiger partial charge in [0.2, 0.25) is 6.54 Å². The molecule has 0 spiro atoms. The van der Waals surface area contributed by atoms with Gasteiger partial charge in [0.1, 0.15) is 0 Å². The van der Waals surface area contributed by atoms with Crippen molar-refractivity contribution in [3.63, 3.8) is 0 Å². The Morgan fingerprint density at radius 2 is 1.91 bits per heavy atom. The molecule has 0 saturated heterocycles. The summed E-state index contributed by atoms with van der Waals surface area (Å²) < 4.78 is 3.96. The molecule has 0 saturated carbocycles. The zero-order valence-corrected chi connectivity index (χ0v) is 8.89. The summed E-state index contributed by atoms with van der Waals surface area (Å²) >= 11 is 6.73. The maximum absolute atomic E-state index is 5.16. The van der Waals surface area contributed by atoms with Gasteiger partial charge in [0.25, 0.3) is 0 Å². The average Bonchev–Trinajstić information content (AvgIpc) is 1.85. The monoisotopic (exact) mass is 274 g/mol. The van der Waals surface area contributed by atoms with E-state index in [9.17, 15) is 0 Å². The lowest BCUT2D eigenvalue weighted by Gasteiger charge is -1.92. The van der Waals surface area contributed by atoms with Crippen molar-refractivity contribution in [2.24, 2.45) is 0 Å². The van der Waals surface area contributed by atoms with Crippen LogP contribution in [0.3, 0.4) is 0 Å². The molecule has 1 heterocycles. The Bertz CT molecular complexity index is 281. The number of terminal acetylenes is 1. The highest BCUT2D eigenvalue weighted by atomic mass is 79.9. The Balaban J connectivity index is 3.01. The minimum Gasteiger partial charge on any atom is -0.191 e. The van der Waals surface area contributed by atoms with Crippen LogP contribution >= 0.6 is 31.9 Å². The second-order valence-electron chi connectivity index (χ2n) is 2.05. The summed E-state index contributed by atoms with van der Waals surface area (Å²) in [5.41, 5.74) is 0. The van der Waals surface area contributed by atoms with E-state index in [1.807, 2.05) is 23.0 Å². The summed E-state index contributed by atoms with van der Waals surface area (Å²) in [4.78, 5) is 0. The molecule has 1 aromatic rings. The fourth-order valence-electron chi connectivity index (χ4n) is 0.757. The molecular formula is C8H6Br2N+. The van der Waals surface area contributed by atoms with Gasteiger partial charge in [-0.1, -0.05) is 0 Å². The fraction of sp³-hybridized carbons (Fsp3) is 0.125. The third-order valence-electron chi connectivity index (χ3n) is 1.13. The van der Waals surface area contributed by atoms with Crippen molar-refractivity contribution >= 4 is 31.9 Å². The van der Waals surface area contributed by atoms with Gasteiger partial charge in [-0.3, -0.25) is 0 Å². The van der Waals surface area contributed by atoms with E-state index in [1.54, 1.807) is 0 Å². The smallest absolute Gasteiger partial charge is 0.191 e. The zero-order chi connectivity index (χ0) is 8.27. The number of pyridine rings is 1. The summed E-state index contributed by atoms with van der Waals surface area (Å²) in [5.74, 6) is 2.56. The van der Waals surface area contributed by atoms with Crippen molar-refractivity contribution in [1.82, 2.24) is 0 Å². The Morgan fingerprint density at radius 3 is 2.36 bits per heavy atom. The molecule has 56 valence electrons. The minimum atomic E-state index is 0.595. The van der Waals surface area contributed by atoms with E-state index in [4.69, 9.17) is 6.42 Å². The lowest BCUT2D eigenvalue weighted by molar-refractivity contribution is -0.685. The summed E-state index contributed by atoms with van der Waals surface area (Å²) in [6.45, 7) is 0.595. The number of rotatable bonds is 1. The van der Waals surface area contributed by atoms with E-state index < -0.39 is 0 Å². The van der Waals surface area contributed by atoms with Gasteiger partial charge >= 0.3 is 0 Å². The molecule has 0 amide bonds. The number of aromatic nitrogens is 1. The summed E-state index contributed by atoms with van der Waals surface area (Å²) in [5, 5.41) is 0. The van der Waals surface area contributed by atoms with Crippen LogP contribution in [0.1, 0.15) is 0 Å². The molecule has 11 heavy (non-hydrogen) atoms. The largest absolute Gasteiger partial charge is 0.208 e. The van der Waals surface area contributed by atoms with E-state index in [0.29, 0.717) is 6.54 Å². The summed E-state index contributed by atoms with van der Waals surface area (Å²) in [6, 6.07) is 1.97. The minimum absolute atomic E-state index is 0.595. The molecule has 0 radical (unpaired) electrons. The molecule has 3 heteroatoms. The number of hydrogen-bond donors (Lipinski definition) is 0. The second-order valence-corrected chi connectivity index (χ2v) is 3.88. The van der Waals surface area contributed by atoms with Crippen molar-refractivity contribution in [3.05, 3.63) is 27.4 Å². The van der Waals surface area contributed by atoms with Crippen LogP contribution < -0.4 is 4.57 Å². The maximum Gasteiger partial charge on any atom is 0.208 e. The molecule has 0 aliphatic heterocycles. The highest BCUT2D eigenvalue weighted by Gasteiger charge is 2.01. The van der Waals surface area contributed by atoms with Crippen molar-refractivity contribution in [2.75, 3.05) is 0 Å². The number of halogens is 2. The normalized spacial score (nSPS) is 9.18. The van der Waals surface area contributed by atoms with Crippen LogP contribution in [0, 0.1) is 12.3 Å². The molecule has 0 N–H and O–H groups in total. The highest BCUT2D eigenvalue weighted by Crippen LogP contribution is 2.13. The van der Waals surface area contributed by atoms with Gasteiger partial charge in [-0.2, -0.15) is 4.57 Å². The Morgan fingerprint density at radius 1 is 1.36 bits per heavy atom. The molecule has 0 bridgehead atoms. The molecule has 0 fully saturated rings. The maximum atomic E-state index is 5.16. The first-order valence-corrected chi connectivity index (χ1v) is 4.59. The molecule has 0 aliphatic carbocycles. The Hall–Kier alpha value is -0.330. The molecule has 1 rings (SSSR count). The van der Waals surface area contributed by atoms with Crippen molar-refractivity contribution in [1.29, 1.82) is 0 Å². The number of nitrogens with zero attached hydrogens (tertiary/aromatic N) is 1. The Kier molecular flexibility index (Phi) is 3.10. The molecule has 1 nitrogen and oxygen atoms in total. The van der Waals surface area contributed by atoms with Crippen molar-refractivity contribution in [3.8, 4) is 12.3 Å². The molecule has 0 aliphatic rings. The molecule has 0 atom stereocenters. The third-order valence-corrected chi connectivity index (χ3v) is 2.00. The van der Waals surface area contributed by atoms with Gasteiger partial charge in [0, 0.05) is 0 Å². The average molecular weight is 276 g/mol. The van der Waals surface area contributed by atoms with E-state index in [-0.39, 0.29) is 0 Å². The lowest BCUT2D eigenvalue weighted by atomic mass is 10.5. The van der Waals surface area contributed by atoms with Gasteiger partial charge in [-0.25, -0.2) is 0 Å². The fourth-order valence-corrected chi connectivity index (χ4v) is 2.08. The van der Waals surface area contributed by atoms with Crippen LogP contribution in [0.5, 0.6) is 0 Å². The van der Waals surface area contributed by atoms with Gasteiger partial charge < -0.3 is 0 Å². The molecular weight excluding hydrogens is 270 g/mol. The second kappa shape index (κ2) is 3.89. The first-order valence-electron chi connectivity index (χ1n) is 3.01. The van der Waals surface area contributed by atoms with Crippen molar-refractivity contribution < 1.29 is 4.57 Å². The van der Waals surface area contributed by atoms with Gasteiger partial charge in [-0.05, 0) is 43.8 Å². The van der Waals surface area contributed by atoms with Crippen LogP contribution in [0.15, 0.2) is 27.4 Å². The van der Waals surface area contributed by atoms with E-state index in [1.165, 1.54) is 0 Å². The van der Waals surface area contributed by atoms with Crippen LogP contribution in [0.4, 0.5) is 0 Å². The third kappa shape index (κ3) is 2.64. The highest BCUT2D eigenvalue weighted by molar-refractivity contribution is 9.11. The summed E-state index contributed by atoms with van der Waals surface area (Å²) in [6.07, 6.45) is 9.03. The quantitative estimate of drug-likeness (QED) is 0.546. The van der Waals surface area contributed by atoms with Crippen LogP contribution in [0.2, 0.25) is 0 Å². The van der Waals surface area contributed by atoms with E-state index >= 15 is 0 Å². The summed E-state index contributed by atoms with van der Waals surface area (Å²) in [7, 11) is 0. The van der Waals surface area contributed by atoms with E-state index in [2.05, 4.69) is 37.8 Å². The first kappa shape index (κ1) is 8.76. The van der Waals surface area contributed by atoms with Crippen molar-refractivity contribution in [2.45, 2.75) is 6.54 Å². The molecule has 0 unspecified atom stereocenters. The van der Waals surface area contributed by atoms with Gasteiger partial charge in [-0.15, -0.1) is 6.42 Å². The van der Waals surface area contributed by atoms with Crippen LogP contribution in [0.25, 0.3) is 0 Å². The first-order chi connectivity index (χ1) is 5.22. The Labute approximate surface area is 82.7 Å². The van der Waals surface area contributed by atoms with Crippen LogP contribution in [-0.2, 0) is 6.54 Å². The van der Waals surface area contributed by atoms with Gasteiger partial charge in [0.15, 0.2) is 12.4 Å². The number of hydrogen-bond acceptors (Lipinski definition) is 0. The molecule has 1 aromatic heterocycles. The predicted octanol–water partition coefficient (Wildman–Crippen LogP) is 2.13. The standard InChI is InChI=1S/C8H6Br2N/c1-2-3-11-5-7(9)4-8(10)6-11/h1,4-6H,3H2/q+1. The van der Waals surface area contributed by atoms with Crippen LogP contribution in [-0.4, -0.2) is 0 Å².